The van der Waals surface area contributed by atoms with E-state index in [4.69, 9.17) is 21.3 Å². The van der Waals surface area contributed by atoms with Crippen molar-refractivity contribution in [2.75, 3.05) is 6.61 Å². The molecule has 6 heteroatoms. The first-order valence-corrected chi connectivity index (χ1v) is 4.61. The lowest BCUT2D eigenvalue weighted by atomic mass is 10.00. The molecule has 0 saturated carbocycles. The van der Waals surface area contributed by atoms with Crippen LogP contribution in [0.3, 0.4) is 0 Å². The predicted octanol–water partition coefficient (Wildman–Crippen LogP) is -0.203. The Morgan fingerprint density at radius 3 is 2.80 bits per heavy atom. The quantitative estimate of drug-likeness (QED) is 0.434. The number of ether oxygens (including phenoxy) is 1. The van der Waals surface area contributed by atoms with E-state index in [2.05, 4.69) is 4.99 Å². The van der Waals surface area contributed by atoms with Crippen molar-refractivity contribution in [2.24, 2.45) is 16.5 Å². The largest absolute Gasteiger partial charge is 0.475 e. The Morgan fingerprint density at radius 2 is 2.33 bits per heavy atom. The van der Waals surface area contributed by atoms with Gasteiger partial charge in [-0.15, -0.1) is 0 Å². The van der Waals surface area contributed by atoms with Crippen LogP contribution in [0.2, 0.25) is 0 Å². The molecule has 84 valence electrons. The zero-order valence-electron chi connectivity index (χ0n) is 8.78. The van der Waals surface area contributed by atoms with Gasteiger partial charge in [0.05, 0.1) is 18.0 Å². The van der Waals surface area contributed by atoms with Gasteiger partial charge in [-0.25, -0.2) is 9.79 Å². The van der Waals surface area contributed by atoms with Gasteiger partial charge < -0.3 is 21.3 Å². The van der Waals surface area contributed by atoms with Gasteiger partial charge in [-0.3, -0.25) is 0 Å². The smallest absolute Gasteiger partial charge is 0.371 e. The second-order valence-corrected chi connectivity index (χ2v) is 3.55. The number of carboxylic acids is 1. The number of rotatable bonds is 2. The Balaban J connectivity index is 3.07. The van der Waals surface area contributed by atoms with Crippen molar-refractivity contribution in [3.63, 3.8) is 0 Å². The molecule has 1 unspecified atom stereocenters. The molecule has 0 aromatic rings. The van der Waals surface area contributed by atoms with E-state index < -0.39 is 17.4 Å². The molecule has 0 radical (unpaired) electrons. The third-order valence-electron chi connectivity index (χ3n) is 2.48. The lowest BCUT2D eigenvalue weighted by molar-refractivity contribution is -0.129. The number of hydrogen-bond donors (Lipinski definition) is 3. The Kier molecular flexibility index (Phi) is 2.99. The monoisotopic (exact) mass is 213 g/mol. The number of carbonyl (C=O) groups is 1. The highest BCUT2D eigenvalue weighted by atomic mass is 16.5. The molecule has 0 saturated heterocycles. The predicted molar refractivity (Wildman–Crippen MR) is 55.1 cm³/mol. The number of amidine groups is 1. The summed E-state index contributed by atoms with van der Waals surface area (Å²) in [7, 11) is 0. The average molecular weight is 213 g/mol. The van der Waals surface area contributed by atoms with Crippen molar-refractivity contribution < 1.29 is 14.6 Å². The standard InChI is InChI=1S/C9H15N3O3/c1-3-9(2)6(5(10)4-15-9)12-7(11)8(13)14/h3-4,10H2,1-2H3,(H2,11,12)(H,13,14). The van der Waals surface area contributed by atoms with E-state index in [1.807, 2.05) is 6.92 Å². The Hall–Kier alpha value is -1.56. The summed E-state index contributed by atoms with van der Waals surface area (Å²) in [6, 6.07) is 0. The third kappa shape index (κ3) is 2.10. The van der Waals surface area contributed by atoms with Gasteiger partial charge >= 0.3 is 5.97 Å². The van der Waals surface area contributed by atoms with Crippen LogP contribution in [0.1, 0.15) is 20.3 Å². The number of carboxylic acid groups (broad SMARTS) is 1. The summed E-state index contributed by atoms with van der Waals surface area (Å²) in [5.74, 6) is -1.74. The normalized spacial score (nSPS) is 27.2. The molecule has 15 heavy (non-hydrogen) atoms. The minimum atomic E-state index is -1.26. The number of hydrogen-bond acceptors (Lipinski definition) is 4. The molecule has 1 atom stereocenters. The Morgan fingerprint density at radius 1 is 1.73 bits per heavy atom. The van der Waals surface area contributed by atoms with Gasteiger partial charge in [0.1, 0.15) is 5.60 Å². The number of nitrogens with two attached hydrogens (primary N) is 2. The molecule has 0 bridgehead atoms. The second kappa shape index (κ2) is 3.90. The van der Waals surface area contributed by atoms with Crippen molar-refractivity contribution in [2.45, 2.75) is 25.9 Å². The molecule has 0 fully saturated rings. The van der Waals surface area contributed by atoms with E-state index in [1.54, 1.807) is 6.92 Å². The van der Waals surface area contributed by atoms with Crippen LogP contribution in [-0.4, -0.2) is 29.1 Å². The van der Waals surface area contributed by atoms with Crippen molar-refractivity contribution in [1.82, 2.24) is 0 Å². The fraction of sp³-hybridized carbons (Fsp3) is 0.556. The molecule has 0 spiro atoms. The van der Waals surface area contributed by atoms with E-state index in [0.717, 1.165) is 0 Å². The van der Waals surface area contributed by atoms with Gasteiger partial charge in [-0.2, -0.15) is 0 Å². The fourth-order valence-electron chi connectivity index (χ4n) is 1.34. The third-order valence-corrected chi connectivity index (χ3v) is 2.48. The molecule has 1 aliphatic heterocycles. The molecule has 1 aliphatic rings. The van der Waals surface area contributed by atoms with Crippen LogP contribution >= 0.6 is 0 Å². The maximum absolute atomic E-state index is 10.5. The van der Waals surface area contributed by atoms with E-state index in [-0.39, 0.29) is 6.61 Å². The van der Waals surface area contributed by atoms with Gasteiger partial charge in [-0.1, -0.05) is 6.92 Å². The molecule has 1 heterocycles. The zero-order valence-corrected chi connectivity index (χ0v) is 8.78. The minimum Gasteiger partial charge on any atom is -0.475 e. The molecule has 5 N–H and O–H groups in total. The van der Waals surface area contributed by atoms with Crippen LogP contribution in [0.15, 0.2) is 16.4 Å². The van der Waals surface area contributed by atoms with E-state index in [0.29, 0.717) is 17.8 Å². The molecule has 0 aliphatic carbocycles. The van der Waals surface area contributed by atoms with E-state index >= 15 is 0 Å². The number of aliphatic imine (C=N–C) groups is 1. The SMILES string of the molecule is CCC1(C)OCC(N)=C1N=C(N)C(=O)O. The number of nitrogens with zero attached hydrogens (tertiary/aromatic N) is 1. The van der Waals surface area contributed by atoms with Crippen molar-refractivity contribution >= 4 is 11.8 Å². The highest BCUT2D eigenvalue weighted by molar-refractivity contribution is 6.34. The van der Waals surface area contributed by atoms with Crippen LogP contribution in [0.5, 0.6) is 0 Å². The summed E-state index contributed by atoms with van der Waals surface area (Å²) >= 11 is 0. The van der Waals surface area contributed by atoms with Crippen LogP contribution in [0.4, 0.5) is 0 Å². The summed E-state index contributed by atoms with van der Waals surface area (Å²) in [5, 5.41) is 8.61. The average Bonchev–Trinajstić information content (AvgIpc) is 2.46. The highest BCUT2D eigenvalue weighted by Crippen LogP contribution is 2.33. The van der Waals surface area contributed by atoms with Crippen LogP contribution in [-0.2, 0) is 9.53 Å². The van der Waals surface area contributed by atoms with Crippen molar-refractivity contribution in [1.29, 1.82) is 0 Å². The van der Waals surface area contributed by atoms with Crippen molar-refractivity contribution in [3.05, 3.63) is 11.4 Å². The van der Waals surface area contributed by atoms with Gasteiger partial charge in [0.15, 0.2) is 0 Å². The maximum Gasteiger partial charge on any atom is 0.371 e. The molecule has 6 nitrogen and oxygen atoms in total. The minimum absolute atomic E-state index is 0.260. The van der Waals surface area contributed by atoms with Crippen molar-refractivity contribution in [3.8, 4) is 0 Å². The summed E-state index contributed by atoms with van der Waals surface area (Å²) in [6.45, 7) is 3.97. The number of aliphatic carboxylic acids is 1. The first-order chi connectivity index (χ1) is 6.90. The maximum atomic E-state index is 10.5. The Labute approximate surface area is 87.6 Å². The van der Waals surface area contributed by atoms with Gasteiger partial charge in [0, 0.05) is 0 Å². The topological polar surface area (TPSA) is 111 Å². The molecule has 0 amide bonds. The molecule has 0 aromatic heterocycles. The molecular weight excluding hydrogens is 198 g/mol. The first-order valence-electron chi connectivity index (χ1n) is 4.61. The molecule has 1 rings (SSSR count). The van der Waals surface area contributed by atoms with E-state index in [9.17, 15) is 4.79 Å². The van der Waals surface area contributed by atoms with E-state index in [1.165, 1.54) is 0 Å². The van der Waals surface area contributed by atoms with Gasteiger partial charge in [0.2, 0.25) is 5.84 Å². The zero-order chi connectivity index (χ0) is 11.6. The molecule has 0 aromatic carbocycles. The fourth-order valence-corrected chi connectivity index (χ4v) is 1.34. The van der Waals surface area contributed by atoms with Gasteiger partial charge in [-0.05, 0) is 13.3 Å². The highest BCUT2D eigenvalue weighted by Gasteiger charge is 2.36. The van der Waals surface area contributed by atoms with Gasteiger partial charge in [0.25, 0.3) is 0 Å². The Bertz CT molecular complexity index is 349. The summed E-state index contributed by atoms with van der Waals surface area (Å²) in [4.78, 5) is 14.3. The lowest BCUT2D eigenvalue weighted by Crippen LogP contribution is -2.29. The summed E-state index contributed by atoms with van der Waals surface area (Å²) < 4.78 is 5.44. The second-order valence-electron chi connectivity index (χ2n) is 3.55. The summed E-state index contributed by atoms with van der Waals surface area (Å²) in [6.07, 6.45) is 0.652. The van der Waals surface area contributed by atoms with Crippen LogP contribution < -0.4 is 11.5 Å². The molecular formula is C9H15N3O3. The first kappa shape index (κ1) is 11.5. The lowest BCUT2D eigenvalue weighted by Gasteiger charge is -2.22. The van der Waals surface area contributed by atoms with Crippen LogP contribution in [0, 0.1) is 0 Å². The van der Waals surface area contributed by atoms with Crippen LogP contribution in [0.25, 0.3) is 0 Å². The summed E-state index contributed by atoms with van der Waals surface area (Å²) in [5.41, 5.74) is 11.1.